The summed E-state index contributed by atoms with van der Waals surface area (Å²) < 4.78 is 14.0. The molecule has 1 aliphatic heterocycles. The van der Waals surface area contributed by atoms with Crippen LogP contribution in [0.3, 0.4) is 0 Å². The third-order valence-electron chi connectivity index (χ3n) is 4.25. The van der Waals surface area contributed by atoms with Crippen molar-refractivity contribution in [2.45, 2.75) is 44.9 Å². The highest BCUT2D eigenvalue weighted by Gasteiger charge is 2.45. The zero-order chi connectivity index (χ0) is 13.6. The van der Waals surface area contributed by atoms with Crippen molar-refractivity contribution < 1.29 is 9.18 Å². The molecule has 0 spiro atoms. The van der Waals surface area contributed by atoms with E-state index < -0.39 is 0 Å². The van der Waals surface area contributed by atoms with Crippen molar-refractivity contribution in [2.24, 2.45) is 5.92 Å². The highest BCUT2D eigenvalue weighted by molar-refractivity contribution is 5.84. The van der Waals surface area contributed by atoms with E-state index in [1.165, 1.54) is 6.07 Å². The van der Waals surface area contributed by atoms with E-state index in [4.69, 9.17) is 0 Å². The normalized spacial score (nSPS) is 34.5. The molecule has 3 nitrogen and oxygen atoms in total. The van der Waals surface area contributed by atoms with Gasteiger partial charge in [0, 0.05) is 11.6 Å². The molecule has 1 amide bonds. The van der Waals surface area contributed by atoms with Gasteiger partial charge >= 0.3 is 0 Å². The Morgan fingerprint density at radius 2 is 1.95 bits per heavy atom. The molecule has 0 radical (unpaired) electrons. The molecule has 2 fully saturated rings. The number of carbonyl (C=O) groups excluding carboxylic acids is 1. The first kappa shape index (κ1) is 12.6. The minimum Gasteiger partial charge on any atom is -0.318 e. The minimum atomic E-state index is -0.318. The van der Waals surface area contributed by atoms with Gasteiger partial charge in [0.15, 0.2) is 0 Å². The van der Waals surface area contributed by atoms with E-state index in [1.807, 2.05) is 17.9 Å². The van der Waals surface area contributed by atoms with Crippen LogP contribution in [0.4, 0.5) is 4.39 Å². The molecule has 0 bridgehead atoms. The molecule has 2 aliphatic rings. The second-order valence-corrected chi connectivity index (χ2v) is 5.79. The molecule has 102 valence electrons. The highest BCUT2D eigenvalue weighted by Crippen LogP contribution is 2.38. The first-order valence-electron chi connectivity index (χ1n) is 6.90. The minimum absolute atomic E-state index is 0.0881. The third-order valence-corrected chi connectivity index (χ3v) is 4.25. The third kappa shape index (κ3) is 2.04. The molecule has 1 saturated heterocycles. The number of halogens is 1. The summed E-state index contributed by atoms with van der Waals surface area (Å²) in [6, 6.07) is 6.72. The summed E-state index contributed by atoms with van der Waals surface area (Å²) >= 11 is 0. The van der Waals surface area contributed by atoms with E-state index in [1.54, 1.807) is 12.1 Å². The van der Waals surface area contributed by atoms with Crippen molar-refractivity contribution in [3.63, 3.8) is 0 Å². The van der Waals surface area contributed by atoms with E-state index in [-0.39, 0.29) is 30.0 Å². The van der Waals surface area contributed by atoms with Crippen LogP contribution in [-0.4, -0.2) is 22.9 Å². The van der Waals surface area contributed by atoms with Gasteiger partial charge < -0.3 is 4.90 Å². The Morgan fingerprint density at radius 1 is 1.26 bits per heavy atom. The van der Waals surface area contributed by atoms with E-state index in [0.29, 0.717) is 11.5 Å². The predicted molar refractivity (Wildman–Crippen MR) is 70.8 cm³/mol. The average Bonchev–Trinajstić information content (AvgIpc) is 2.63. The fourth-order valence-electron chi connectivity index (χ4n) is 3.15. The van der Waals surface area contributed by atoms with Crippen LogP contribution in [0.2, 0.25) is 0 Å². The summed E-state index contributed by atoms with van der Waals surface area (Å²) in [5.74, 6) is 0.499. The fraction of sp³-hybridized carbons (Fsp3) is 0.533. The molecule has 3 rings (SSSR count). The molecule has 19 heavy (non-hydrogen) atoms. The van der Waals surface area contributed by atoms with Gasteiger partial charge in [0.25, 0.3) is 0 Å². The van der Waals surface area contributed by atoms with Crippen molar-refractivity contribution in [3.05, 3.63) is 35.6 Å². The summed E-state index contributed by atoms with van der Waals surface area (Å²) in [6.45, 7) is 4.03. The largest absolute Gasteiger partial charge is 0.318 e. The number of nitrogens with zero attached hydrogens (tertiary/aromatic N) is 1. The second kappa shape index (κ2) is 4.60. The van der Waals surface area contributed by atoms with Gasteiger partial charge in [-0.25, -0.2) is 4.39 Å². The van der Waals surface area contributed by atoms with Gasteiger partial charge in [0.1, 0.15) is 12.0 Å². The van der Waals surface area contributed by atoms with Crippen LogP contribution in [0, 0.1) is 11.7 Å². The number of nitrogens with one attached hydrogen (secondary N) is 1. The summed E-state index contributed by atoms with van der Waals surface area (Å²) in [6.07, 6.45) is 1.72. The first-order valence-corrected chi connectivity index (χ1v) is 6.90. The van der Waals surface area contributed by atoms with E-state index in [0.717, 1.165) is 12.8 Å². The summed E-state index contributed by atoms with van der Waals surface area (Å²) in [7, 11) is 0. The number of rotatable bonds is 2. The monoisotopic (exact) mass is 262 g/mol. The molecular weight excluding hydrogens is 243 g/mol. The van der Waals surface area contributed by atoms with Crippen molar-refractivity contribution in [2.75, 3.05) is 0 Å². The molecular formula is C15H19FN2O. The standard InChI is InChI=1S/C15H19FN2O/c1-9-7-11(8-9)18-14(17-10(2)15(18)19)12-5-3-4-6-13(12)16/h3-6,9-11,14,17H,7-8H2,1-2H3. The average molecular weight is 262 g/mol. The highest BCUT2D eigenvalue weighted by atomic mass is 19.1. The number of hydrogen-bond acceptors (Lipinski definition) is 2. The van der Waals surface area contributed by atoms with Gasteiger partial charge in [-0.05, 0) is 31.7 Å². The van der Waals surface area contributed by atoms with Crippen LogP contribution in [0.5, 0.6) is 0 Å². The SMILES string of the molecule is CC1CC(N2C(=O)C(C)NC2c2ccccc2F)C1. The maximum Gasteiger partial charge on any atom is 0.241 e. The Balaban J connectivity index is 1.91. The van der Waals surface area contributed by atoms with Gasteiger partial charge in [-0.2, -0.15) is 0 Å². The number of amides is 1. The van der Waals surface area contributed by atoms with E-state index in [2.05, 4.69) is 12.2 Å². The molecule has 0 aromatic heterocycles. The lowest BCUT2D eigenvalue weighted by molar-refractivity contribution is -0.134. The van der Waals surface area contributed by atoms with Gasteiger partial charge in [0.2, 0.25) is 5.91 Å². The van der Waals surface area contributed by atoms with E-state index in [9.17, 15) is 9.18 Å². The van der Waals surface area contributed by atoms with Crippen molar-refractivity contribution in [1.29, 1.82) is 0 Å². The summed E-state index contributed by atoms with van der Waals surface area (Å²) in [5, 5.41) is 3.21. The second-order valence-electron chi connectivity index (χ2n) is 5.79. The Kier molecular flexibility index (Phi) is 3.05. The Bertz CT molecular complexity index is 499. The molecule has 1 aromatic rings. The van der Waals surface area contributed by atoms with Crippen molar-refractivity contribution in [3.8, 4) is 0 Å². The fourth-order valence-corrected chi connectivity index (χ4v) is 3.15. The molecule has 1 N–H and O–H groups in total. The summed E-state index contributed by atoms with van der Waals surface area (Å²) in [4.78, 5) is 14.1. The van der Waals surface area contributed by atoms with Crippen LogP contribution < -0.4 is 5.32 Å². The van der Waals surface area contributed by atoms with Crippen molar-refractivity contribution >= 4 is 5.91 Å². The van der Waals surface area contributed by atoms with Crippen LogP contribution in [0.25, 0.3) is 0 Å². The number of benzene rings is 1. The van der Waals surface area contributed by atoms with Gasteiger partial charge in [0.05, 0.1) is 6.04 Å². The van der Waals surface area contributed by atoms with Crippen molar-refractivity contribution in [1.82, 2.24) is 10.2 Å². The molecule has 1 heterocycles. The van der Waals surface area contributed by atoms with Crippen LogP contribution in [0.15, 0.2) is 24.3 Å². The van der Waals surface area contributed by atoms with Gasteiger partial charge in [-0.1, -0.05) is 25.1 Å². The molecule has 1 aromatic carbocycles. The van der Waals surface area contributed by atoms with Crippen LogP contribution in [-0.2, 0) is 4.79 Å². The van der Waals surface area contributed by atoms with Crippen LogP contribution >= 0.6 is 0 Å². The Morgan fingerprint density at radius 3 is 2.58 bits per heavy atom. The van der Waals surface area contributed by atoms with Gasteiger partial charge in [-0.15, -0.1) is 0 Å². The zero-order valence-corrected chi connectivity index (χ0v) is 11.3. The summed E-state index contributed by atoms with van der Waals surface area (Å²) in [5.41, 5.74) is 0.569. The zero-order valence-electron chi connectivity index (χ0n) is 11.3. The van der Waals surface area contributed by atoms with Gasteiger partial charge in [-0.3, -0.25) is 10.1 Å². The van der Waals surface area contributed by atoms with Crippen LogP contribution in [0.1, 0.15) is 38.4 Å². The predicted octanol–water partition coefficient (Wildman–Crippen LogP) is 2.44. The smallest absolute Gasteiger partial charge is 0.241 e. The molecule has 1 saturated carbocycles. The maximum atomic E-state index is 14.0. The molecule has 1 aliphatic carbocycles. The quantitative estimate of drug-likeness (QED) is 0.888. The maximum absolute atomic E-state index is 14.0. The Hall–Kier alpha value is -1.42. The lowest BCUT2D eigenvalue weighted by Crippen LogP contribution is -2.47. The topological polar surface area (TPSA) is 32.3 Å². The number of hydrogen-bond donors (Lipinski definition) is 1. The molecule has 2 atom stereocenters. The van der Waals surface area contributed by atoms with E-state index >= 15 is 0 Å². The lowest BCUT2D eigenvalue weighted by atomic mass is 9.80. The Labute approximate surface area is 112 Å². The molecule has 2 unspecified atom stereocenters. The molecule has 4 heteroatoms. The number of carbonyl (C=O) groups is 1. The lowest BCUT2D eigenvalue weighted by Gasteiger charge is -2.42. The first-order chi connectivity index (χ1) is 9.08.